The molecule has 0 unspecified atom stereocenters. The SMILES string of the molecule is CSCC1=CS(=O)(=O)c2cc(O)ccc21. The molecule has 5 heteroatoms. The van der Waals surface area contributed by atoms with Gasteiger partial charge in [-0.05, 0) is 35.6 Å². The Bertz CT molecular complexity index is 530. The van der Waals surface area contributed by atoms with Crippen molar-refractivity contribution in [2.24, 2.45) is 0 Å². The predicted octanol–water partition coefficient (Wildman–Crippen LogP) is 1.88. The molecule has 0 saturated carbocycles. The lowest BCUT2D eigenvalue weighted by molar-refractivity contribution is 0.473. The van der Waals surface area contributed by atoms with Crippen LogP contribution < -0.4 is 0 Å². The maximum Gasteiger partial charge on any atom is 0.200 e. The summed E-state index contributed by atoms with van der Waals surface area (Å²) in [5.74, 6) is 0.646. The quantitative estimate of drug-likeness (QED) is 0.860. The average Bonchev–Trinajstić information content (AvgIpc) is 2.39. The van der Waals surface area contributed by atoms with E-state index in [0.717, 1.165) is 5.57 Å². The van der Waals surface area contributed by atoms with Crippen LogP contribution in [0.15, 0.2) is 28.5 Å². The Balaban J connectivity index is 2.62. The lowest BCUT2D eigenvalue weighted by Gasteiger charge is -2.02. The number of phenols is 1. The molecule has 0 bridgehead atoms. The third-order valence-corrected chi connectivity index (χ3v) is 4.36. The molecule has 1 N–H and O–H groups in total. The number of thioether (sulfide) groups is 1. The van der Waals surface area contributed by atoms with E-state index in [1.165, 1.54) is 17.5 Å². The highest BCUT2D eigenvalue weighted by atomic mass is 32.2. The smallest absolute Gasteiger partial charge is 0.200 e. The summed E-state index contributed by atoms with van der Waals surface area (Å²) in [6.45, 7) is 0. The van der Waals surface area contributed by atoms with Gasteiger partial charge >= 0.3 is 0 Å². The van der Waals surface area contributed by atoms with Crippen molar-refractivity contribution < 1.29 is 13.5 Å². The summed E-state index contributed by atoms with van der Waals surface area (Å²) in [4.78, 5) is 0.214. The fraction of sp³-hybridized carbons (Fsp3) is 0.200. The van der Waals surface area contributed by atoms with Gasteiger partial charge in [-0.25, -0.2) is 8.42 Å². The van der Waals surface area contributed by atoms with Gasteiger partial charge < -0.3 is 5.11 Å². The first-order valence-corrected chi connectivity index (χ1v) is 7.26. The summed E-state index contributed by atoms with van der Waals surface area (Å²) < 4.78 is 23.4. The number of aromatic hydroxyl groups is 1. The van der Waals surface area contributed by atoms with Crippen LogP contribution in [0.25, 0.3) is 5.57 Å². The van der Waals surface area contributed by atoms with Gasteiger partial charge in [0, 0.05) is 11.2 Å². The van der Waals surface area contributed by atoms with Crippen molar-refractivity contribution in [2.75, 3.05) is 12.0 Å². The van der Waals surface area contributed by atoms with Crippen LogP contribution in [0, 0.1) is 0 Å². The first-order chi connectivity index (χ1) is 7.04. The molecule has 2 rings (SSSR count). The molecule has 15 heavy (non-hydrogen) atoms. The van der Waals surface area contributed by atoms with Gasteiger partial charge in [0.25, 0.3) is 0 Å². The van der Waals surface area contributed by atoms with Crippen LogP contribution in [0.1, 0.15) is 5.56 Å². The van der Waals surface area contributed by atoms with E-state index < -0.39 is 9.84 Å². The molecule has 1 heterocycles. The number of sulfone groups is 1. The van der Waals surface area contributed by atoms with E-state index >= 15 is 0 Å². The number of phenolic OH excluding ortho intramolecular Hbond substituents is 1. The van der Waals surface area contributed by atoms with Gasteiger partial charge in [-0.3, -0.25) is 0 Å². The third kappa shape index (κ3) is 1.77. The molecule has 0 amide bonds. The average molecular weight is 242 g/mol. The zero-order chi connectivity index (χ0) is 11.1. The molecular formula is C10H10O3S2. The van der Waals surface area contributed by atoms with Gasteiger partial charge in [0.05, 0.1) is 4.90 Å². The molecule has 0 radical (unpaired) electrons. The van der Waals surface area contributed by atoms with Crippen LogP contribution in [0.3, 0.4) is 0 Å². The number of rotatable bonds is 2. The van der Waals surface area contributed by atoms with Crippen LogP contribution in [-0.4, -0.2) is 25.5 Å². The third-order valence-electron chi connectivity index (χ3n) is 2.21. The number of fused-ring (bicyclic) bond motifs is 1. The van der Waals surface area contributed by atoms with Gasteiger partial charge in [0.15, 0.2) is 0 Å². The largest absolute Gasteiger partial charge is 0.508 e. The lowest BCUT2D eigenvalue weighted by atomic mass is 10.1. The molecule has 0 aliphatic carbocycles. The van der Waals surface area contributed by atoms with Crippen LogP contribution in [0.5, 0.6) is 5.75 Å². The van der Waals surface area contributed by atoms with Crippen LogP contribution in [0.2, 0.25) is 0 Å². The number of benzene rings is 1. The van der Waals surface area contributed by atoms with E-state index in [1.54, 1.807) is 17.8 Å². The molecule has 0 aromatic heterocycles. The van der Waals surface area contributed by atoms with E-state index in [-0.39, 0.29) is 10.6 Å². The molecule has 0 fully saturated rings. The Morgan fingerprint density at radius 1 is 1.40 bits per heavy atom. The Morgan fingerprint density at radius 3 is 2.80 bits per heavy atom. The molecule has 0 saturated heterocycles. The normalized spacial score (nSPS) is 17.3. The molecule has 80 valence electrons. The Morgan fingerprint density at radius 2 is 2.13 bits per heavy atom. The minimum Gasteiger partial charge on any atom is -0.508 e. The fourth-order valence-electron chi connectivity index (χ4n) is 1.59. The highest BCUT2D eigenvalue weighted by Crippen LogP contribution is 2.36. The first-order valence-electron chi connectivity index (χ1n) is 4.32. The van der Waals surface area contributed by atoms with Crippen molar-refractivity contribution in [2.45, 2.75) is 4.90 Å². The second-order valence-corrected chi connectivity index (χ2v) is 5.93. The van der Waals surface area contributed by atoms with Crippen molar-refractivity contribution >= 4 is 27.2 Å². The van der Waals surface area contributed by atoms with Crippen LogP contribution in [0.4, 0.5) is 0 Å². The topological polar surface area (TPSA) is 54.4 Å². The summed E-state index contributed by atoms with van der Waals surface area (Å²) in [6.07, 6.45) is 1.92. The van der Waals surface area contributed by atoms with Gasteiger partial charge in [0.2, 0.25) is 9.84 Å². The second-order valence-electron chi connectivity index (χ2n) is 3.30. The van der Waals surface area contributed by atoms with E-state index in [0.29, 0.717) is 11.3 Å². The fourth-order valence-corrected chi connectivity index (χ4v) is 3.75. The van der Waals surface area contributed by atoms with Gasteiger partial charge in [-0.1, -0.05) is 0 Å². The lowest BCUT2D eigenvalue weighted by Crippen LogP contribution is -1.92. The Hall–Kier alpha value is -0.940. The van der Waals surface area contributed by atoms with Gasteiger partial charge in [0.1, 0.15) is 5.75 Å². The van der Waals surface area contributed by atoms with Crippen molar-refractivity contribution in [3.63, 3.8) is 0 Å². The second kappa shape index (κ2) is 3.57. The molecule has 1 aliphatic heterocycles. The van der Waals surface area contributed by atoms with Crippen molar-refractivity contribution in [1.82, 2.24) is 0 Å². The predicted molar refractivity (Wildman–Crippen MR) is 61.7 cm³/mol. The Labute approximate surface area is 92.7 Å². The van der Waals surface area contributed by atoms with E-state index in [4.69, 9.17) is 0 Å². The number of hydrogen-bond acceptors (Lipinski definition) is 4. The summed E-state index contributed by atoms with van der Waals surface area (Å²) in [6, 6.07) is 4.46. The highest BCUT2D eigenvalue weighted by molar-refractivity contribution is 7.99. The molecule has 0 atom stereocenters. The maximum absolute atomic E-state index is 11.7. The molecule has 0 spiro atoms. The maximum atomic E-state index is 11.7. The summed E-state index contributed by atoms with van der Waals surface area (Å²) in [7, 11) is -3.33. The standard InChI is InChI=1S/C10H10O3S2/c1-14-5-7-6-15(12,13)10-4-8(11)2-3-9(7)10/h2-4,6,11H,5H2,1H3. The van der Waals surface area contributed by atoms with Crippen LogP contribution >= 0.6 is 11.8 Å². The summed E-state index contributed by atoms with van der Waals surface area (Å²) in [5, 5.41) is 10.5. The van der Waals surface area contributed by atoms with Crippen molar-refractivity contribution in [3.8, 4) is 5.75 Å². The van der Waals surface area contributed by atoms with Crippen molar-refractivity contribution in [1.29, 1.82) is 0 Å². The number of hydrogen-bond donors (Lipinski definition) is 1. The van der Waals surface area contributed by atoms with Crippen molar-refractivity contribution in [3.05, 3.63) is 29.2 Å². The van der Waals surface area contributed by atoms with E-state index in [9.17, 15) is 13.5 Å². The molecule has 1 aliphatic rings. The summed E-state index contributed by atoms with van der Waals surface area (Å²) in [5.41, 5.74) is 1.51. The minimum absolute atomic E-state index is 0.0175. The molecule has 1 aromatic carbocycles. The first kappa shape index (κ1) is 10.6. The Kier molecular flexibility index (Phi) is 2.52. The van der Waals surface area contributed by atoms with Gasteiger partial charge in [-0.15, -0.1) is 0 Å². The zero-order valence-corrected chi connectivity index (χ0v) is 9.73. The molecule has 3 nitrogen and oxygen atoms in total. The molecule has 1 aromatic rings. The zero-order valence-electron chi connectivity index (χ0n) is 8.10. The molecular weight excluding hydrogens is 232 g/mol. The van der Waals surface area contributed by atoms with Gasteiger partial charge in [-0.2, -0.15) is 11.8 Å². The summed E-state index contributed by atoms with van der Waals surface area (Å²) >= 11 is 1.57. The van der Waals surface area contributed by atoms with E-state index in [2.05, 4.69) is 0 Å². The van der Waals surface area contributed by atoms with Crippen LogP contribution in [-0.2, 0) is 9.84 Å². The monoisotopic (exact) mass is 242 g/mol. The minimum atomic E-state index is -3.33. The highest BCUT2D eigenvalue weighted by Gasteiger charge is 2.26. The van der Waals surface area contributed by atoms with E-state index in [1.807, 2.05) is 6.26 Å².